The lowest BCUT2D eigenvalue weighted by Gasteiger charge is -2.26. The third-order valence-electron chi connectivity index (χ3n) is 3.11. The largest absolute Gasteiger partial charge is 0.388 e. The first-order chi connectivity index (χ1) is 8.71. The van der Waals surface area contributed by atoms with Gasteiger partial charge in [-0.05, 0) is 25.3 Å². The first kappa shape index (κ1) is 15.7. The predicted octanol–water partition coefficient (Wildman–Crippen LogP) is 2.53. The molecule has 0 aromatic heterocycles. The quantitative estimate of drug-likeness (QED) is 0.857. The third-order valence-corrected chi connectivity index (χ3v) is 3.11. The fourth-order valence-electron chi connectivity index (χ4n) is 1.68. The van der Waals surface area contributed by atoms with Crippen molar-refractivity contribution in [2.45, 2.75) is 46.1 Å². The van der Waals surface area contributed by atoms with Crippen LogP contribution < -0.4 is 5.32 Å². The maximum Gasteiger partial charge on any atom is 0.225 e. The highest BCUT2D eigenvalue weighted by Crippen LogP contribution is 2.16. The number of amides is 1. The summed E-state index contributed by atoms with van der Waals surface area (Å²) >= 11 is 0. The summed E-state index contributed by atoms with van der Waals surface area (Å²) in [5.74, 6) is -0.0347. The molecule has 1 unspecified atom stereocenters. The minimum Gasteiger partial charge on any atom is -0.388 e. The molecule has 2 N–H and O–H groups in total. The predicted molar refractivity (Wildman–Crippen MR) is 77.9 cm³/mol. The van der Waals surface area contributed by atoms with Gasteiger partial charge in [0.05, 0.1) is 5.60 Å². The molecule has 19 heavy (non-hydrogen) atoms. The molecular weight excluding hydrogens is 238 g/mol. The second-order valence-electron chi connectivity index (χ2n) is 6.42. The minimum atomic E-state index is -0.878. The molecule has 0 bridgehead atoms. The van der Waals surface area contributed by atoms with E-state index in [1.807, 2.05) is 51.1 Å². The Balaban J connectivity index is 2.42. The Bertz CT molecular complexity index is 405. The van der Waals surface area contributed by atoms with E-state index in [4.69, 9.17) is 0 Å². The topological polar surface area (TPSA) is 49.3 Å². The molecule has 106 valence electrons. The Hall–Kier alpha value is -1.35. The van der Waals surface area contributed by atoms with E-state index in [1.165, 1.54) is 5.56 Å². The maximum absolute atomic E-state index is 11.8. The number of rotatable bonds is 5. The van der Waals surface area contributed by atoms with Crippen LogP contribution in [-0.2, 0) is 11.2 Å². The SMILES string of the molecule is CC(O)(CCc1ccccc1)CNC(=O)C(C)(C)C. The maximum atomic E-state index is 11.8. The van der Waals surface area contributed by atoms with Gasteiger partial charge in [0.15, 0.2) is 0 Å². The summed E-state index contributed by atoms with van der Waals surface area (Å²) < 4.78 is 0. The zero-order valence-corrected chi connectivity index (χ0v) is 12.4. The normalized spacial score (nSPS) is 14.8. The molecule has 1 aromatic carbocycles. The summed E-state index contributed by atoms with van der Waals surface area (Å²) in [6, 6.07) is 10.1. The zero-order chi connectivity index (χ0) is 14.5. The van der Waals surface area contributed by atoms with Gasteiger partial charge in [-0.1, -0.05) is 51.1 Å². The van der Waals surface area contributed by atoms with Crippen LogP contribution in [0.4, 0.5) is 0 Å². The van der Waals surface area contributed by atoms with Crippen LogP contribution in [0.5, 0.6) is 0 Å². The zero-order valence-electron chi connectivity index (χ0n) is 12.4. The second-order valence-corrected chi connectivity index (χ2v) is 6.42. The Morgan fingerprint density at radius 1 is 1.16 bits per heavy atom. The van der Waals surface area contributed by atoms with Crippen LogP contribution in [0.3, 0.4) is 0 Å². The number of hydrogen-bond acceptors (Lipinski definition) is 2. The highest BCUT2D eigenvalue weighted by molar-refractivity contribution is 5.81. The lowest BCUT2D eigenvalue weighted by atomic mass is 9.93. The van der Waals surface area contributed by atoms with Crippen LogP contribution in [-0.4, -0.2) is 23.2 Å². The summed E-state index contributed by atoms with van der Waals surface area (Å²) in [5.41, 5.74) is -0.100. The monoisotopic (exact) mass is 263 g/mol. The highest BCUT2D eigenvalue weighted by atomic mass is 16.3. The van der Waals surface area contributed by atoms with Gasteiger partial charge in [-0.25, -0.2) is 0 Å². The molecule has 0 aliphatic carbocycles. The number of aliphatic hydroxyl groups is 1. The van der Waals surface area contributed by atoms with E-state index in [-0.39, 0.29) is 12.5 Å². The van der Waals surface area contributed by atoms with Crippen molar-refractivity contribution in [1.82, 2.24) is 5.32 Å². The number of aryl methyl sites for hydroxylation is 1. The highest BCUT2D eigenvalue weighted by Gasteiger charge is 2.25. The number of carbonyl (C=O) groups is 1. The van der Waals surface area contributed by atoms with Crippen LogP contribution in [0, 0.1) is 5.41 Å². The summed E-state index contributed by atoms with van der Waals surface area (Å²) in [6.45, 7) is 7.64. The van der Waals surface area contributed by atoms with Gasteiger partial charge in [-0.2, -0.15) is 0 Å². The van der Waals surface area contributed by atoms with Crippen molar-refractivity contribution in [3.63, 3.8) is 0 Å². The van der Waals surface area contributed by atoms with Crippen LogP contribution in [0.1, 0.15) is 39.7 Å². The van der Waals surface area contributed by atoms with E-state index in [0.717, 1.165) is 6.42 Å². The number of nitrogens with one attached hydrogen (secondary N) is 1. The summed E-state index contributed by atoms with van der Waals surface area (Å²) in [6.07, 6.45) is 1.43. The summed E-state index contributed by atoms with van der Waals surface area (Å²) in [7, 11) is 0. The molecule has 0 aliphatic rings. The van der Waals surface area contributed by atoms with Crippen molar-refractivity contribution < 1.29 is 9.90 Å². The van der Waals surface area contributed by atoms with Gasteiger partial charge in [0.25, 0.3) is 0 Å². The molecule has 1 aromatic rings. The molecule has 0 heterocycles. The van der Waals surface area contributed by atoms with Crippen LogP contribution in [0.15, 0.2) is 30.3 Å². The molecule has 0 saturated carbocycles. The van der Waals surface area contributed by atoms with Crippen molar-refractivity contribution in [2.24, 2.45) is 5.41 Å². The van der Waals surface area contributed by atoms with Gasteiger partial charge < -0.3 is 10.4 Å². The Labute approximate surface area is 116 Å². The molecule has 1 amide bonds. The van der Waals surface area contributed by atoms with E-state index in [0.29, 0.717) is 6.42 Å². The van der Waals surface area contributed by atoms with Crippen LogP contribution in [0.2, 0.25) is 0 Å². The van der Waals surface area contributed by atoms with E-state index in [1.54, 1.807) is 6.92 Å². The van der Waals surface area contributed by atoms with E-state index in [9.17, 15) is 9.90 Å². The van der Waals surface area contributed by atoms with Gasteiger partial charge >= 0.3 is 0 Å². The van der Waals surface area contributed by atoms with Gasteiger partial charge in [0.2, 0.25) is 5.91 Å². The Morgan fingerprint density at radius 2 is 1.74 bits per heavy atom. The van der Waals surface area contributed by atoms with E-state index >= 15 is 0 Å². The molecule has 3 nitrogen and oxygen atoms in total. The molecule has 0 saturated heterocycles. The van der Waals surface area contributed by atoms with Crippen LogP contribution >= 0.6 is 0 Å². The fraction of sp³-hybridized carbons (Fsp3) is 0.562. The molecule has 1 atom stereocenters. The van der Waals surface area contributed by atoms with E-state index < -0.39 is 11.0 Å². The molecular formula is C16H25NO2. The van der Waals surface area contributed by atoms with Crippen molar-refractivity contribution >= 4 is 5.91 Å². The smallest absolute Gasteiger partial charge is 0.225 e. The average molecular weight is 263 g/mol. The lowest BCUT2D eigenvalue weighted by molar-refractivity contribution is -0.129. The Morgan fingerprint density at radius 3 is 2.26 bits per heavy atom. The second kappa shape index (κ2) is 6.20. The van der Waals surface area contributed by atoms with Crippen molar-refractivity contribution in [3.8, 4) is 0 Å². The van der Waals surface area contributed by atoms with Gasteiger partial charge in [0.1, 0.15) is 0 Å². The van der Waals surface area contributed by atoms with E-state index in [2.05, 4.69) is 5.32 Å². The molecule has 0 aliphatic heterocycles. The lowest BCUT2D eigenvalue weighted by Crippen LogP contribution is -2.44. The molecule has 1 rings (SSSR count). The third kappa shape index (κ3) is 5.88. The Kier molecular flexibility index (Phi) is 5.12. The molecule has 0 fully saturated rings. The van der Waals surface area contributed by atoms with Crippen LogP contribution in [0.25, 0.3) is 0 Å². The van der Waals surface area contributed by atoms with Gasteiger partial charge in [0, 0.05) is 12.0 Å². The first-order valence-corrected chi connectivity index (χ1v) is 6.75. The fourth-order valence-corrected chi connectivity index (χ4v) is 1.68. The number of hydrogen-bond donors (Lipinski definition) is 2. The van der Waals surface area contributed by atoms with Gasteiger partial charge in [-0.3, -0.25) is 4.79 Å². The molecule has 3 heteroatoms. The summed E-state index contributed by atoms with van der Waals surface area (Å²) in [4.78, 5) is 11.8. The van der Waals surface area contributed by atoms with Crippen molar-refractivity contribution in [1.29, 1.82) is 0 Å². The summed E-state index contributed by atoms with van der Waals surface area (Å²) in [5, 5.41) is 13.1. The van der Waals surface area contributed by atoms with Gasteiger partial charge in [-0.15, -0.1) is 0 Å². The van der Waals surface area contributed by atoms with Crippen molar-refractivity contribution in [2.75, 3.05) is 6.54 Å². The standard InChI is InChI=1S/C16H25NO2/c1-15(2,3)14(18)17-12-16(4,19)11-10-13-8-6-5-7-9-13/h5-9,19H,10-12H2,1-4H3,(H,17,18). The minimum absolute atomic E-state index is 0.0347. The average Bonchev–Trinajstić information content (AvgIpc) is 2.34. The molecule has 0 spiro atoms. The first-order valence-electron chi connectivity index (χ1n) is 6.75. The van der Waals surface area contributed by atoms with Crippen molar-refractivity contribution in [3.05, 3.63) is 35.9 Å². The molecule has 0 radical (unpaired) electrons. The number of carbonyl (C=O) groups excluding carboxylic acids is 1. The number of benzene rings is 1.